The minimum absolute atomic E-state index is 0.536. The van der Waals surface area contributed by atoms with Gasteiger partial charge in [-0.25, -0.2) is 0 Å². The van der Waals surface area contributed by atoms with E-state index >= 15 is 0 Å². The van der Waals surface area contributed by atoms with Gasteiger partial charge in [-0.3, -0.25) is 9.59 Å². The van der Waals surface area contributed by atoms with Crippen LogP contribution in [0.5, 0.6) is 0 Å². The van der Waals surface area contributed by atoms with Crippen LogP contribution in [0.15, 0.2) is 78.9 Å². The van der Waals surface area contributed by atoms with E-state index in [4.69, 9.17) is 9.47 Å². The summed E-state index contributed by atoms with van der Waals surface area (Å²) in [5, 5.41) is 2.01. The molecule has 28 heavy (non-hydrogen) atoms. The van der Waals surface area contributed by atoms with Gasteiger partial charge in [-0.2, -0.15) is 0 Å². The van der Waals surface area contributed by atoms with Crippen molar-refractivity contribution < 1.29 is 19.1 Å². The number of esters is 2. The second-order valence-electron chi connectivity index (χ2n) is 6.39. The average molecular weight is 374 g/mol. The summed E-state index contributed by atoms with van der Waals surface area (Å²) in [7, 11) is 2.55. The van der Waals surface area contributed by atoms with E-state index in [-0.39, 0.29) is 0 Å². The first-order chi connectivity index (χ1) is 13.7. The second-order valence-corrected chi connectivity index (χ2v) is 6.39. The van der Waals surface area contributed by atoms with Gasteiger partial charge in [0, 0.05) is 5.92 Å². The van der Waals surface area contributed by atoms with Gasteiger partial charge in [-0.05, 0) is 21.9 Å². The Morgan fingerprint density at radius 1 is 0.786 bits per heavy atom. The van der Waals surface area contributed by atoms with Crippen molar-refractivity contribution in [1.29, 1.82) is 0 Å². The fourth-order valence-corrected chi connectivity index (χ4v) is 3.36. The molecule has 0 amide bonds. The van der Waals surface area contributed by atoms with Crippen molar-refractivity contribution in [2.24, 2.45) is 5.92 Å². The Morgan fingerprint density at radius 2 is 1.39 bits per heavy atom. The van der Waals surface area contributed by atoms with E-state index in [0.717, 1.165) is 21.9 Å². The SMILES string of the molecule is COC(=O)C(C(=O)OC)C(/C=C/c1ccccc1)c1cccc2ccccc12. The lowest BCUT2D eigenvalue weighted by atomic mass is 9.82. The quantitative estimate of drug-likeness (QED) is 0.467. The summed E-state index contributed by atoms with van der Waals surface area (Å²) in [4.78, 5) is 25.0. The first kappa shape index (κ1) is 19.4. The Labute approximate surface area is 164 Å². The molecular formula is C24H22O4. The number of rotatable bonds is 6. The van der Waals surface area contributed by atoms with Crippen LogP contribution in [0, 0.1) is 5.92 Å². The fourth-order valence-electron chi connectivity index (χ4n) is 3.36. The summed E-state index contributed by atoms with van der Waals surface area (Å²) in [6, 6.07) is 23.5. The molecule has 0 fully saturated rings. The first-order valence-electron chi connectivity index (χ1n) is 9.02. The molecule has 4 heteroatoms. The molecule has 0 heterocycles. The molecule has 0 aliphatic rings. The summed E-state index contributed by atoms with van der Waals surface area (Å²) >= 11 is 0. The zero-order chi connectivity index (χ0) is 19.9. The van der Waals surface area contributed by atoms with Gasteiger partial charge in [0.25, 0.3) is 0 Å². The summed E-state index contributed by atoms with van der Waals surface area (Å²) < 4.78 is 9.86. The van der Waals surface area contributed by atoms with Crippen molar-refractivity contribution in [2.45, 2.75) is 5.92 Å². The third-order valence-corrected chi connectivity index (χ3v) is 4.75. The number of methoxy groups -OCH3 is 2. The number of hydrogen-bond donors (Lipinski definition) is 0. The van der Waals surface area contributed by atoms with Crippen molar-refractivity contribution in [3.05, 3.63) is 90.0 Å². The van der Waals surface area contributed by atoms with Crippen molar-refractivity contribution in [1.82, 2.24) is 0 Å². The monoisotopic (exact) mass is 374 g/mol. The zero-order valence-corrected chi connectivity index (χ0v) is 15.9. The van der Waals surface area contributed by atoms with Gasteiger partial charge in [0.2, 0.25) is 0 Å². The number of fused-ring (bicyclic) bond motifs is 1. The smallest absolute Gasteiger partial charge is 0.321 e. The van der Waals surface area contributed by atoms with Gasteiger partial charge < -0.3 is 9.47 Å². The minimum Gasteiger partial charge on any atom is -0.468 e. The molecule has 0 aliphatic carbocycles. The van der Waals surface area contributed by atoms with Crippen molar-refractivity contribution in [3.8, 4) is 0 Å². The number of carbonyl (C=O) groups is 2. The average Bonchev–Trinajstić information content (AvgIpc) is 2.76. The molecule has 4 nitrogen and oxygen atoms in total. The Kier molecular flexibility index (Phi) is 6.22. The minimum atomic E-state index is -1.10. The number of carbonyl (C=O) groups excluding carboxylic acids is 2. The topological polar surface area (TPSA) is 52.6 Å². The molecule has 0 bridgehead atoms. The first-order valence-corrected chi connectivity index (χ1v) is 9.02. The predicted octanol–water partition coefficient (Wildman–Crippen LogP) is 4.60. The molecule has 0 saturated carbocycles. The largest absolute Gasteiger partial charge is 0.468 e. The Balaban J connectivity index is 2.16. The third-order valence-electron chi connectivity index (χ3n) is 4.75. The summed E-state index contributed by atoms with van der Waals surface area (Å²) in [5.74, 6) is -2.88. The van der Waals surface area contributed by atoms with E-state index in [9.17, 15) is 9.59 Å². The van der Waals surface area contributed by atoms with E-state index in [0.29, 0.717) is 0 Å². The predicted molar refractivity (Wildman–Crippen MR) is 110 cm³/mol. The van der Waals surface area contributed by atoms with Crippen molar-refractivity contribution >= 4 is 28.8 Å². The number of ether oxygens (including phenoxy) is 2. The highest BCUT2D eigenvalue weighted by Gasteiger charge is 2.37. The van der Waals surface area contributed by atoms with Crippen LogP contribution in [-0.4, -0.2) is 26.2 Å². The molecule has 142 valence electrons. The maximum Gasteiger partial charge on any atom is 0.321 e. The Hall–Kier alpha value is -3.40. The zero-order valence-electron chi connectivity index (χ0n) is 15.9. The molecule has 1 unspecified atom stereocenters. The van der Waals surface area contributed by atoms with Gasteiger partial charge in [-0.15, -0.1) is 0 Å². The third kappa shape index (κ3) is 4.12. The second kappa shape index (κ2) is 9.00. The van der Waals surface area contributed by atoms with Crippen LogP contribution < -0.4 is 0 Å². The van der Waals surface area contributed by atoms with Crippen LogP contribution in [0.1, 0.15) is 17.0 Å². The van der Waals surface area contributed by atoms with E-state index in [1.54, 1.807) is 0 Å². The van der Waals surface area contributed by atoms with Crippen molar-refractivity contribution in [3.63, 3.8) is 0 Å². The highest BCUT2D eigenvalue weighted by Crippen LogP contribution is 2.34. The molecule has 0 aliphatic heterocycles. The van der Waals surface area contributed by atoms with Crippen LogP contribution >= 0.6 is 0 Å². The van der Waals surface area contributed by atoms with Crippen LogP contribution in [0.4, 0.5) is 0 Å². The maximum absolute atomic E-state index is 12.5. The highest BCUT2D eigenvalue weighted by molar-refractivity contribution is 5.98. The van der Waals surface area contributed by atoms with Crippen LogP contribution in [0.25, 0.3) is 16.8 Å². The lowest BCUT2D eigenvalue weighted by molar-refractivity contribution is -0.159. The molecular weight excluding hydrogens is 352 g/mol. The van der Waals surface area contributed by atoms with E-state index in [2.05, 4.69) is 0 Å². The van der Waals surface area contributed by atoms with Crippen LogP contribution in [0.3, 0.4) is 0 Å². The molecule has 0 saturated heterocycles. The molecule has 3 aromatic carbocycles. The Bertz CT molecular complexity index is 970. The summed E-state index contributed by atoms with van der Waals surface area (Å²) in [6.45, 7) is 0. The van der Waals surface area contributed by atoms with Gasteiger partial charge in [0.05, 0.1) is 14.2 Å². The molecule has 0 radical (unpaired) electrons. The van der Waals surface area contributed by atoms with Crippen LogP contribution in [-0.2, 0) is 19.1 Å². The normalized spacial score (nSPS) is 12.2. The van der Waals surface area contributed by atoms with Crippen LogP contribution in [0.2, 0.25) is 0 Å². The van der Waals surface area contributed by atoms with Gasteiger partial charge in [0.1, 0.15) is 0 Å². The summed E-state index contributed by atoms with van der Waals surface area (Å²) in [6.07, 6.45) is 3.78. The molecule has 0 N–H and O–H groups in total. The number of benzene rings is 3. The van der Waals surface area contributed by atoms with Gasteiger partial charge >= 0.3 is 11.9 Å². The molecule has 3 rings (SSSR count). The van der Waals surface area contributed by atoms with Gasteiger partial charge in [-0.1, -0.05) is 84.9 Å². The summed E-state index contributed by atoms with van der Waals surface area (Å²) in [5.41, 5.74) is 1.84. The lowest BCUT2D eigenvalue weighted by Gasteiger charge is -2.22. The fraction of sp³-hybridized carbons (Fsp3) is 0.167. The number of allylic oxidation sites excluding steroid dienone is 1. The molecule has 0 spiro atoms. The number of hydrogen-bond acceptors (Lipinski definition) is 4. The molecule has 0 aromatic heterocycles. The standard InChI is InChI=1S/C24H22O4/c1-27-23(25)22(24(26)28-2)21(16-15-17-9-4-3-5-10-17)20-14-8-12-18-11-6-7-13-19(18)20/h3-16,21-22H,1-2H3/b16-15+. The Morgan fingerprint density at radius 3 is 2.07 bits per heavy atom. The maximum atomic E-state index is 12.5. The van der Waals surface area contributed by atoms with Gasteiger partial charge in [0.15, 0.2) is 5.92 Å². The van der Waals surface area contributed by atoms with Crippen molar-refractivity contribution in [2.75, 3.05) is 14.2 Å². The highest BCUT2D eigenvalue weighted by atomic mass is 16.5. The molecule has 3 aromatic rings. The van der Waals surface area contributed by atoms with E-state index in [1.165, 1.54) is 14.2 Å². The molecule has 1 atom stereocenters. The van der Waals surface area contributed by atoms with E-state index in [1.807, 2.05) is 84.9 Å². The van der Waals surface area contributed by atoms with E-state index < -0.39 is 23.8 Å². The lowest BCUT2D eigenvalue weighted by Crippen LogP contribution is -2.31.